The summed E-state index contributed by atoms with van der Waals surface area (Å²) in [5, 5.41) is 7.42. The highest BCUT2D eigenvalue weighted by atomic mass is 31.2. The molecule has 0 saturated heterocycles. The fourth-order valence-electron chi connectivity index (χ4n) is 2.79. The van der Waals surface area contributed by atoms with Crippen LogP contribution < -0.4 is 0 Å². The number of carboxylic acid groups (broad SMARTS) is 1. The van der Waals surface area contributed by atoms with E-state index in [0.717, 1.165) is 6.92 Å². The number of phosphoric ester groups is 6. The van der Waals surface area contributed by atoms with Crippen LogP contribution in [0.1, 0.15) is 6.92 Å². The molecule has 0 aromatic carbocycles. The van der Waals surface area contributed by atoms with Crippen LogP contribution in [0.3, 0.4) is 0 Å². The summed E-state index contributed by atoms with van der Waals surface area (Å²) in [7, 11) is -36.1. The predicted molar refractivity (Wildman–Crippen MR) is 115 cm³/mol. The Kier molecular flexibility index (Phi) is 14.3. The molecular weight excluding hydrogens is 698 g/mol. The lowest BCUT2D eigenvalue weighted by molar-refractivity contribution is -0.202. The molecule has 0 atom stereocenters. The third-order valence-electron chi connectivity index (χ3n) is 3.50. The molecule has 1 fully saturated rings. The molecular formula is C8H22O26P6. The molecule has 0 bridgehead atoms. The van der Waals surface area contributed by atoms with E-state index in [4.69, 9.17) is 68.6 Å². The molecule has 1 saturated carbocycles. The second-order valence-corrected chi connectivity index (χ2v) is 14.0. The lowest BCUT2D eigenvalue weighted by Crippen LogP contribution is -2.66. The maximum absolute atomic E-state index is 11.4. The molecule has 0 aromatic rings. The van der Waals surface area contributed by atoms with E-state index >= 15 is 0 Å². The van der Waals surface area contributed by atoms with Gasteiger partial charge < -0.3 is 63.8 Å². The van der Waals surface area contributed by atoms with E-state index in [9.17, 15) is 27.4 Å². The molecule has 0 aromatic heterocycles. The molecule has 0 spiro atoms. The fraction of sp³-hybridized carbons (Fsp3) is 0.875. The Morgan fingerprint density at radius 2 is 0.475 bits per heavy atom. The smallest absolute Gasteiger partial charge is 0.470 e. The van der Waals surface area contributed by atoms with Gasteiger partial charge in [0.05, 0.1) is 0 Å². The topological polar surface area (TPSA) is 438 Å². The third-order valence-corrected chi connectivity index (χ3v) is 6.61. The highest BCUT2D eigenvalue weighted by Crippen LogP contribution is 2.57. The second-order valence-electron chi connectivity index (χ2n) is 6.88. The Labute approximate surface area is 220 Å². The van der Waals surface area contributed by atoms with Gasteiger partial charge in [0.25, 0.3) is 5.97 Å². The van der Waals surface area contributed by atoms with Crippen molar-refractivity contribution in [3.05, 3.63) is 0 Å². The summed E-state index contributed by atoms with van der Waals surface area (Å²) in [6.45, 7) is 1.08. The molecule has 1 rings (SSSR count). The van der Waals surface area contributed by atoms with E-state index in [-0.39, 0.29) is 0 Å². The van der Waals surface area contributed by atoms with Crippen LogP contribution in [0.15, 0.2) is 0 Å². The van der Waals surface area contributed by atoms with Crippen LogP contribution in [0.25, 0.3) is 0 Å². The lowest BCUT2D eigenvalue weighted by Gasteiger charge is -2.48. The third kappa shape index (κ3) is 17.9. The van der Waals surface area contributed by atoms with Gasteiger partial charge in [0.15, 0.2) is 0 Å². The molecule has 1 aliphatic rings. The van der Waals surface area contributed by atoms with Gasteiger partial charge in [-0.1, -0.05) is 0 Å². The average molecular weight is 720 g/mol. The quantitative estimate of drug-likeness (QED) is 0.0891. The molecule has 26 nitrogen and oxygen atoms in total. The summed E-state index contributed by atoms with van der Waals surface area (Å²) < 4.78 is 93.1. The monoisotopic (exact) mass is 720 g/mol. The van der Waals surface area contributed by atoms with Crippen molar-refractivity contribution in [2.75, 3.05) is 0 Å². The second kappa shape index (κ2) is 14.3. The van der Waals surface area contributed by atoms with Gasteiger partial charge in [-0.2, -0.15) is 0 Å². The van der Waals surface area contributed by atoms with Gasteiger partial charge in [0.2, 0.25) is 0 Å². The Morgan fingerprint density at radius 1 is 0.400 bits per heavy atom. The predicted octanol–water partition coefficient (Wildman–Crippen LogP) is -3.04. The summed E-state index contributed by atoms with van der Waals surface area (Å²) in [6.07, 6.45) is -18.9. The number of hydrogen-bond acceptors (Lipinski definition) is 13. The minimum absolute atomic E-state index is 0.833. The van der Waals surface area contributed by atoms with Crippen molar-refractivity contribution in [2.24, 2.45) is 0 Å². The largest absolute Gasteiger partial charge is 0.481 e. The molecule has 0 heterocycles. The average Bonchev–Trinajstić information content (AvgIpc) is 2.57. The van der Waals surface area contributed by atoms with Crippen LogP contribution in [0.2, 0.25) is 0 Å². The Balaban J connectivity index is 0.00000354. The number of carbonyl (C=O) groups is 1. The van der Waals surface area contributed by atoms with E-state index < -0.39 is 89.5 Å². The zero-order valence-corrected chi connectivity index (χ0v) is 24.1. The molecule has 0 unspecified atom stereocenters. The Morgan fingerprint density at radius 3 is 0.525 bits per heavy atom. The van der Waals surface area contributed by atoms with Crippen LogP contribution in [0.4, 0.5) is 0 Å². The van der Waals surface area contributed by atoms with Gasteiger partial charge >= 0.3 is 46.9 Å². The van der Waals surface area contributed by atoms with Gasteiger partial charge in [-0.15, -0.1) is 0 Å². The van der Waals surface area contributed by atoms with E-state index in [0.29, 0.717) is 0 Å². The summed E-state index contributed by atoms with van der Waals surface area (Å²) in [5.41, 5.74) is 0. The highest BCUT2D eigenvalue weighted by Gasteiger charge is 2.62. The van der Waals surface area contributed by atoms with Crippen molar-refractivity contribution in [1.29, 1.82) is 0 Å². The first-order chi connectivity index (χ1) is 17.3. The van der Waals surface area contributed by atoms with Crippen LogP contribution in [-0.2, 0) is 59.3 Å². The van der Waals surface area contributed by atoms with Crippen molar-refractivity contribution < 1.29 is 123 Å². The molecule has 13 N–H and O–H groups in total. The highest BCUT2D eigenvalue weighted by molar-refractivity contribution is 7.47. The van der Waals surface area contributed by atoms with Crippen molar-refractivity contribution in [2.45, 2.75) is 43.5 Å². The number of aliphatic carboxylic acids is 1. The maximum atomic E-state index is 11.4. The maximum Gasteiger partial charge on any atom is 0.470 e. The Bertz CT molecular complexity index is 911. The first-order valence-electron chi connectivity index (χ1n) is 8.93. The van der Waals surface area contributed by atoms with Crippen LogP contribution >= 0.6 is 46.9 Å². The molecule has 240 valence electrons. The van der Waals surface area contributed by atoms with E-state index in [1.807, 2.05) is 0 Å². The first-order valence-corrected chi connectivity index (χ1v) is 18.1. The van der Waals surface area contributed by atoms with Crippen molar-refractivity contribution >= 4 is 52.9 Å². The standard InChI is InChI=1S/C6H18O24P6.C2H4O2/c7-31(8,9)25-1-2(26-32(10,11)12)4(28-34(16,17)18)6(30-36(22,23)24)5(29-35(19,20)21)3(1)27-33(13,14)15;1-2(3)4/h1-6H,(H2,7,8,9)(H2,10,11,12)(H2,13,14,15)(H2,16,17,18)(H2,19,20,21)(H2,22,23,24);1H3,(H,3,4)/t1-,2-,3-,4+,5-,6-;. The van der Waals surface area contributed by atoms with E-state index in [1.165, 1.54) is 0 Å². The molecule has 0 aliphatic heterocycles. The van der Waals surface area contributed by atoms with Crippen molar-refractivity contribution in [3.63, 3.8) is 0 Å². The normalized spacial score (nSPS) is 27.0. The SMILES string of the molecule is CC(=O)O.O=P(O)(O)O[C@H]1[C@H](OP(=O)(O)O)[C@@H](OP(=O)(O)O)[C@H](OP(=O)(O)O)[C@@H](OP(=O)(O)O)[C@H]1OP(=O)(O)O. The Hall–Kier alpha value is 0.130. The van der Waals surface area contributed by atoms with E-state index in [1.54, 1.807) is 0 Å². The van der Waals surface area contributed by atoms with Crippen LogP contribution in [-0.4, -0.2) is 106 Å². The van der Waals surface area contributed by atoms with Crippen LogP contribution in [0, 0.1) is 0 Å². The number of hydrogen-bond donors (Lipinski definition) is 13. The first kappa shape index (κ1) is 40.1. The van der Waals surface area contributed by atoms with Gasteiger partial charge in [-0.05, 0) is 0 Å². The summed E-state index contributed by atoms with van der Waals surface area (Å²) in [4.78, 5) is 119. The summed E-state index contributed by atoms with van der Waals surface area (Å²) in [6, 6.07) is 0. The number of rotatable bonds is 12. The summed E-state index contributed by atoms with van der Waals surface area (Å²) >= 11 is 0. The zero-order valence-electron chi connectivity index (χ0n) is 18.8. The molecule has 1 aliphatic carbocycles. The van der Waals surface area contributed by atoms with Crippen molar-refractivity contribution in [1.82, 2.24) is 0 Å². The lowest BCUT2D eigenvalue weighted by atomic mass is 9.85. The van der Waals surface area contributed by atoms with Crippen LogP contribution in [0.5, 0.6) is 0 Å². The molecule has 32 heteroatoms. The molecule has 40 heavy (non-hydrogen) atoms. The van der Waals surface area contributed by atoms with E-state index in [2.05, 4.69) is 27.1 Å². The number of carboxylic acids is 1. The minimum atomic E-state index is -6.02. The van der Waals surface area contributed by atoms with Gasteiger partial charge in [-0.25, -0.2) is 27.4 Å². The van der Waals surface area contributed by atoms with Gasteiger partial charge in [0.1, 0.15) is 36.6 Å². The van der Waals surface area contributed by atoms with Gasteiger partial charge in [-0.3, -0.25) is 31.9 Å². The zero-order chi connectivity index (χ0) is 32.3. The van der Waals surface area contributed by atoms with Crippen molar-refractivity contribution in [3.8, 4) is 0 Å². The fourth-order valence-corrected chi connectivity index (χ4v) is 6.14. The summed E-state index contributed by atoms with van der Waals surface area (Å²) in [5.74, 6) is -0.833. The molecule has 0 amide bonds. The molecule has 0 radical (unpaired) electrons. The van der Waals surface area contributed by atoms with Gasteiger partial charge in [0, 0.05) is 6.92 Å². The minimum Gasteiger partial charge on any atom is -0.481 e. The number of phosphoric acid groups is 6.